The minimum absolute atomic E-state index is 0.0971. The van der Waals surface area contributed by atoms with Crippen LogP contribution in [0.4, 0.5) is 9.18 Å². The Labute approximate surface area is 186 Å². The molecule has 3 aliphatic rings. The van der Waals surface area contributed by atoms with Crippen LogP contribution in [0.25, 0.3) is 0 Å². The van der Waals surface area contributed by atoms with Gasteiger partial charge in [-0.2, -0.15) is 0 Å². The van der Waals surface area contributed by atoms with E-state index in [-0.39, 0.29) is 44.4 Å². The average Bonchev–Trinajstić information content (AvgIpc) is 3.38. The van der Waals surface area contributed by atoms with Crippen molar-refractivity contribution in [3.63, 3.8) is 0 Å². The first kappa shape index (κ1) is 21.7. The summed E-state index contributed by atoms with van der Waals surface area (Å²) in [6, 6.07) is 2.12. The molecule has 164 valence electrons. The van der Waals surface area contributed by atoms with Crippen LogP contribution in [0.15, 0.2) is 12.1 Å². The van der Waals surface area contributed by atoms with Gasteiger partial charge in [0.2, 0.25) is 5.91 Å². The molecule has 1 spiro atoms. The maximum Gasteiger partial charge on any atom is 0.317 e. The predicted molar refractivity (Wildman–Crippen MR) is 115 cm³/mol. The van der Waals surface area contributed by atoms with Gasteiger partial charge in [-0.1, -0.05) is 43.0 Å². The maximum absolute atomic E-state index is 14.9. The van der Waals surface area contributed by atoms with Crippen molar-refractivity contribution >= 4 is 35.1 Å². The minimum atomic E-state index is -0.545. The van der Waals surface area contributed by atoms with Crippen molar-refractivity contribution in [3.8, 4) is 0 Å². The van der Waals surface area contributed by atoms with Crippen LogP contribution in [0.3, 0.4) is 0 Å². The third-order valence-corrected chi connectivity index (χ3v) is 8.15. The molecule has 0 bridgehead atoms. The smallest absolute Gasteiger partial charge is 0.317 e. The molecule has 3 amide bonds. The first-order valence-corrected chi connectivity index (χ1v) is 11.4. The second-order valence-corrected chi connectivity index (χ2v) is 10.4. The normalized spacial score (nSPS) is 28.8. The van der Waals surface area contributed by atoms with E-state index in [4.69, 9.17) is 23.2 Å². The summed E-state index contributed by atoms with van der Waals surface area (Å²) in [7, 11) is 1.76. The number of rotatable bonds is 4. The lowest BCUT2D eigenvalue weighted by Crippen LogP contribution is -2.44. The van der Waals surface area contributed by atoms with Crippen molar-refractivity contribution in [2.24, 2.45) is 11.3 Å². The minimum Gasteiger partial charge on any atom is -0.348 e. The Bertz CT molecular complexity index is 874. The molecule has 1 unspecified atom stereocenters. The molecule has 2 aliphatic carbocycles. The first-order chi connectivity index (χ1) is 14.1. The lowest BCUT2D eigenvalue weighted by Gasteiger charge is -2.36. The van der Waals surface area contributed by atoms with Crippen molar-refractivity contribution in [3.05, 3.63) is 33.6 Å². The lowest BCUT2D eigenvalue weighted by atomic mass is 9.76. The van der Waals surface area contributed by atoms with E-state index in [0.717, 1.165) is 32.1 Å². The zero-order valence-electron chi connectivity index (χ0n) is 17.4. The molecule has 30 heavy (non-hydrogen) atoms. The van der Waals surface area contributed by atoms with Crippen LogP contribution in [-0.4, -0.2) is 36.0 Å². The van der Waals surface area contributed by atoms with Gasteiger partial charge in [-0.05, 0) is 49.7 Å². The summed E-state index contributed by atoms with van der Waals surface area (Å²) in [4.78, 5) is 26.9. The Kier molecular flexibility index (Phi) is 5.69. The molecule has 0 radical (unpaired) electrons. The maximum atomic E-state index is 14.9. The van der Waals surface area contributed by atoms with Gasteiger partial charge in [0, 0.05) is 25.1 Å². The third kappa shape index (κ3) is 3.77. The monoisotopic (exact) mass is 455 g/mol. The molecule has 1 heterocycles. The zero-order chi connectivity index (χ0) is 21.7. The van der Waals surface area contributed by atoms with Gasteiger partial charge in [-0.15, -0.1) is 0 Å². The average molecular weight is 456 g/mol. The van der Waals surface area contributed by atoms with Crippen LogP contribution < -0.4 is 10.6 Å². The van der Waals surface area contributed by atoms with Gasteiger partial charge in [-0.3, -0.25) is 4.79 Å². The molecule has 1 aliphatic heterocycles. The summed E-state index contributed by atoms with van der Waals surface area (Å²) in [5, 5.41) is 6.64. The van der Waals surface area contributed by atoms with Crippen LogP contribution >= 0.6 is 23.2 Å². The molecule has 2 N–H and O–H groups in total. The summed E-state index contributed by atoms with van der Waals surface area (Å²) in [6.45, 7) is 2.69. The number of amides is 3. The highest BCUT2D eigenvalue weighted by atomic mass is 35.5. The Morgan fingerprint density at radius 2 is 2.00 bits per heavy atom. The summed E-state index contributed by atoms with van der Waals surface area (Å²) in [5.41, 5.74) is -0.355. The second-order valence-electron chi connectivity index (χ2n) is 9.57. The number of carbonyl (C=O) groups is 2. The number of nitrogens with one attached hydrogen (secondary N) is 2. The van der Waals surface area contributed by atoms with Crippen LogP contribution in [0.1, 0.15) is 63.5 Å². The Morgan fingerprint density at radius 1 is 1.30 bits per heavy atom. The number of urea groups is 1. The molecule has 3 fully saturated rings. The van der Waals surface area contributed by atoms with Crippen molar-refractivity contribution in [1.29, 1.82) is 0 Å². The highest BCUT2D eigenvalue weighted by molar-refractivity contribution is 6.42. The number of nitrogens with zero attached hydrogens (tertiary/aromatic N) is 1. The largest absolute Gasteiger partial charge is 0.348 e. The molecule has 5 nitrogen and oxygen atoms in total. The lowest BCUT2D eigenvalue weighted by molar-refractivity contribution is -0.126. The van der Waals surface area contributed by atoms with Gasteiger partial charge in [0.15, 0.2) is 0 Å². The van der Waals surface area contributed by atoms with Crippen molar-refractivity contribution < 1.29 is 14.0 Å². The second kappa shape index (κ2) is 7.86. The zero-order valence-corrected chi connectivity index (χ0v) is 18.9. The number of hydrogen-bond acceptors (Lipinski definition) is 2. The van der Waals surface area contributed by atoms with Gasteiger partial charge >= 0.3 is 6.03 Å². The van der Waals surface area contributed by atoms with Crippen molar-refractivity contribution in [1.82, 2.24) is 15.5 Å². The van der Waals surface area contributed by atoms with Crippen molar-refractivity contribution in [2.75, 3.05) is 13.6 Å². The van der Waals surface area contributed by atoms with E-state index in [1.54, 1.807) is 11.9 Å². The van der Waals surface area contributed by atoms with E-state index >= 15 is 0 Å². The number of carbonyl (C=O) groups excluding carboxylic acids is 2. The molecule has 1 aromatic carbocycles. The standard InChI is InChI=1S/C22H28Cl2FN3O2/c1-21(8-3-4-9-21)18(16-15(25)6-5-14(23)17(16)24)26-19(29)13-7-10-22(11-13)12-28(2)20(30)27-22/h5-6,13,18H,3-4,7-12H2,1-2H3,(H,26,29)(H,27,30)/t13-,18?,22-/m0/s1. The summed E-state index contributed by atoms with van der Waals surface area (Å²) in [6.07, 6.45) is 5.88. The Morgan fingerprint density at radius 3 is 2.63 bits per heavy atom. The molecular weight excluding hydrogens is 428 g/mol. The number of likely N-dealkylation sites (N-methyl/N-ethyl adjacent to an activating group) is 1. The third-order valence-electron chi connectivity index (χ3n) is 7.34. The van der Waals surface area contributed by atoms with E-state index in [2.05, 4.69) is 17.6 Å². The van der Waals surface area contributed by atoms with E-state index in [0.29, 0.717) is 19.4 Å². The van der Waals surface area contributed by atoms with Crippen LogP contribution in [0, 0.1) is 17.2 Å². The van der Waals surface area contributed by atoms with Gasteiger partial charge in [0.1, 0.15) is 5.82 Å². The van der Waals surface area contributed by atoms with E-state index in [1.807, 2.05) is 0 Å². The summed E-state index contributed by atoms with van der Waals surface area (Å²) >= 11 is 12.6. The SMILES string of the molecule is CN1C[C@@]2(CC[C@H](C(=O)NC(c3c(F)ccc(Cl)c3Cl)C3(C)CCCC3)C2)NC1=O. The topological polar surface area (TPSA) is 61.4 Å². The highest BCUT2D eigenvalue weighted by Gasteiger charge is 2.49. The molecule has 1 aromatic rings. The van der Waals surface area contributed by atoms with E-state index < -0.39 is 11.9 Å². The van der Waals surface area contributed by atoms with Crippen LogP contribution in [0.5, 0.6) is 0 Å². The molecule has 3 atom stereocenters. The number of halogens is 3. The molecular formula is C22H28Cl2FN3O2. The van der Waals surface area contributed by atoms with E-state index in [9.17, 15) is 14.0 Å². The van der Waals surface area contributed by atoms with Crippen LogP contribution in [0.2, 0.25) is 10.0 Å². The molecule has 1 saturated heterocycles. The van der Waals surface area contributed by atoms with Gasteiger partial charge in [0.05, 0.1) is 21.6 Å². The number of benzene rings is 1. The fourth-order valence-corrected chi connectivity index (χ4v) is 6.06. The fourth-order valence-electron chi connectivity index (χ4n) is 5.63. The summed E-state index contributed by atoms with van der Waals surface area (Å²) < 4.78 is 14.9. The highest BCUT2D eigenvalue weighted by Crippen LogP contribution is 2.50. The summed E-state index contributed by atoms with van der Waals surface area (Å²) in [5.74, 6) is -0.787. The Hall–Kier alpha value is -1.53. The van der Waals surface area contributed by atoms with Gasteiger partial charge in [0.25, 0.3) is 0 Å². The van der Waals surface area contributed by atoms with Gasteiger partial charge in [-0.25, -0.2) is 9.18 Å². The van der Waals surface area contributed by atoms with E-state index in [1.165, 1.54) is 12.1 Å². The predicted octanol–water partition coefficient (Wildman–Crippen LogP) is 5.06. The molecule has 2 saturated carbocycles. The fraction of sp³-hybridized carbons (Fsp3) is 0.636. The quantitative estimate of drug-likeness (QED) is 0.622. The van der Waals surface area contributed by atoms with Crippen molar-refractivity contribution in [2.45, 2.75) is 63.5 Å². The molecule has 4 rings (SSSR count). The first-order valence-electron chi connectivity index (χ1n) is 10.6. The number of hydrogen-bond donors (Lipinski definition) is 2. The molecule has 8 heteroatoms. The van der Waals surface area contributed by atoms with Crippen LogP contribution in [-0.2, 0) is 4.79 Å². The molecule has 0 aromatic heterocycles. The van der Waals surface area contributed by atoms with Gasteiger partial charge < -0.3 is 15.5 Å². The Balaban J connectivity index is 1.58.